The number of carbonyl (C=O) groups excluding carboxylic acids is 2. The minimum absolute atomic E-state index is 0.0995. The van der Waals surface area contributed by atoms with Gasteiger partial charge in [-0.05, 0) is 48.9 Å². The predicted molar refractivity (Wildman–Crippen MR) is 105 cm³/mol. The third-order valence-corrected chi connectivity index (χ3v) is 4.04. The lowest BCUT2D eigenvalue weighted by Crippen LogP contribution is -2.20. The molecule has 0 atom stereocenters. The number of esters is 1. The number of hydrogen-bond acceptors (Lipinski definition) is 4. The van der Waals surface area contributed by atoms with Gasteiger partial charge in [0.1, 0.15) is 5.75 Å². The van der Waals surface area contributed by atoms with E-state index in [1.807, 2.05) is 12.1 Å². The molecule has 26 heavy (non-hydrogen) atoms. The molecule has 1 N–H and O–H groups in total. The summed E-state index contributed by atoms with van der Waals surface area (Å²) in [6.07, 6.45) is 2.99. The molecule has 2 aromatic carbocycles. The van der Waals surface area contributed by atoms with Gasteiger partial charge in [-0.2, -0.15) is 0 Å². The highest BCUT2D eigenvalue weighted by atomic mass is 79.9. The number of carbonyl (C=O) groups is 2. The molecule has 1 amide bonds. The molecule has 2 rings (SSSR count). The fourth-order valence-corrected chi connectivity index (χ4v) is 2.57. The molecule has 5 nitrogen and oxygen atoms in total. The Morgan fingerprint density at radius 3 is 2.54 bits per heavy atom. The molecule has 6 heteroatoms. The first-order valence-electron chi connectivity index (χ1n) is 8.54. The van der Waals surface area contributed by atoms with Gasteiger partial charge in [0, 0.05) is 10.2 Å². The molecule has 0 aliphatic carbocycles. The minimum Gasteiger partial charge on any atom is -0.484 e. The number of anilines is 1. The van der Waals surface area contributed by atoms with Crippen LogP contribution in [0.5, 0.6) is 5.75 Å². The van der Waals surface area contributed by atoms with E-state index in [9.17, 15) is 9.59 Å². The Balaban J connectivity index is 1.78. The van der Waals surface area contributed by atoms with Crippen molar-refractivity contribution in [1.29, 1.82) is 0 Å². The van der Waals surface area contributed by atoms with Gasteiger partial charge in [-0.1, -0.05) is 41.8 Å². The smallest absolute Gasteiger partial charge is 0.338 e. The van der Waals surface area contributed by atoms with Crippen LogP contribution in [0.3, 0.4) is 0 Å². The Labute approximate surface area is 161 Å². The first-order chi connectivity index (χ1) is 12.6. The summed E-state index contributed by atoms with van der Waals surface area (Å²) in [7, 11) is 0. The second kappa shape index (κ2) is 10.6. The summed E-state index contributed by atoms with van der Waals surface area (Å²) in [4.78, 5) is 23.8. The van der Waals surface area contributed by atoms with Gasteiger partial charge >= 0.3 is 5.97 Å². The monoisotopic (exact) mass is 419 g/mol. The van der Waals surface area contributed by atoms with E-state index >= 15 is 0 Å². The van der Waals surface area contributed by atoms with Crippen molar-refractivity contribution in [1.82, 2.24) is 0 Å². The van der Waals surface area contributed by atoms with Crippen LogP contribution < -0.4 is 10.1 Å². The van der Waals surface area contributed by atoms with Crippen molar-refractivity contribution in [3.8, 4) is 5.75 Å². The Kier molecular flexibility index (Phi) is 8.15. The predicted octanol–water partition coefficient (Wildman–Crippen LogP) is 4.81. The molecule has 0 heterocycles. The molecule has 0 saturated heterocycles. The maximum Gasteiger partial charge on any atom is 0.338 e. The zero-order chi connectivity index (χ0) is 18.8. The molecule has 0 fully saturated rings. The van der Waals surface area contributed by atoms with Crippen molar-refractivity contribution in [3.05, 3.63) is 58.6 Å². The number of benzene rings is 2. The van der Waals surface area contributed by atoms with E-state index in [2.05, 4.69) is 28.2 Å². The fourth-order valence-electron chi connectivity index (χ4n) is 2.19. The van der Waals surface area contributed by atoms with Crippen molar-refractivity contribution in [2.45, 2.75) is 26.2 Å². The third kappa shape index (κ3) is 6.88. The second-order valence-corrected chi connectivity index (χ2v) is 6.63. The molecule has 0 bridgehead atoms. The largest absolute Gasteiger partial charge is 0.484 e. The summed E-state index contributed by atoms with van der Waals surface area (Å²) >= 11 is 3.35. The molecule has 0 radical (unpaired) electrons. The molecule has 0 aliphatic heterocycles. The lowest BCUT2D eigenvalue weighted by atomic mass is 10.2. The summed E-state index contributed by atoms with van der Waals surface area (Å²) in [6, 6.07) is 13.9. The van der Waals surface area contributed by atoms with E-state index < -0.39 is 0 Å². The van der Waals surface area contributed by atoms with Crippen LogP contribution in [0.4, 0.5) is 5.69 Å². The van der Waals surface area contributed by atoms with Crippen LogP contribution in [0, 0.1) is 0 Å². The number of halogens is 1. The highest BCUT2D eigenvalue weighted by Gasteiger charge is 2.08. The standard InChI is InChI=1S/C20H22BrNO4/c1-2-3-4-12-25-20(24)15-8-10-17(11-9-15)22-19(23)14-26-18-7-5-6-16(21)13-18/h5-11,13H,2-4,12,14H2,1H3,(H,22,23). The van der Waals surface area contributed by atoms with Crippen LogP contribution in [0.1, 0.15) is 36.5 Å². The quantitative estimate of drug-likeness (QED) is 0.467. The van der Waals surface area contributed by atoms with Crippen LogP contribution in [-0.2, 0) is 9.53 Å². The SMILES string of the molecule is CCCCCOC(=O)c1ccc(NC(=O)COc2cccc(Br)c2)cc1. The van der Waals surface area contributed by atoms with Gasteiger partial charge in [-0.3, -0.25) is 4.79 Å². The molecule has 0 spiro atoms. The molecule has 0 aliphatic rings. The number of rotatable bonds is 9. The van der Waals surface area contributed by atoms with Gasteiger partial charge in [0.05, 0.1) is 12.2 Å². The summed E-state index contributed by atoms with van der Waals surface area (Å²) in [6.45, 7) is 2.43. The van der Waals surface area contributed by atoms with Crippen LogP contribution in [-0.4, -0.2) is 25.1 Å². The Bertz CT molecular complexity index is 731. The highest BCUT2D eigenvalue weighted by Crippen LogP contribution is 2.18. The molecule has 2 aromatic rings. The van der Waals surface area contributed by atoms with E-state index in [4.69, 9.17) is 9.47 Å². The van der Waals surface area contributed by atoms with Crippen molar-refractivity contribution >= 4 is 33.5 Å². The van der Waals surface area contributed by atoms with E-state index in [0.717, 1.165) is 23.7 Å². The van der Waals surface area contributed by atoms with E-state index in [1.165, 1.54) is 0 Å². The van der Waals surface area contributed by atoms with Gasteiger partial charge in [-0.25, -0.2) is 4.79 Å². The van der Waals surface area contributed by atoms with Crippen molar-refractivity contribution < 1.29 is 19.1 Å². The Morgan fingerprint density at radius 2 is 1.85 bits per heavy atom. The number of hydrogen-bond donors (Lipinski definition) is 1. The summed E-state index contributed by atoms with van der Waals surface area (Å²) in [5, 5.41) is 2.73. The summed E-state index contributed by atoms with van der Waals surface area (Å²) in [5.41, 5.74) is 1.06. The zero-order valence-corrected chi connectivity index (χ0v) is 16.3. The topological polar surface area (TPSA) is 64.6 Å². The average molecular weight is 420 g/mol. The van der Waals surface area contributed by atoms with Crippen LogP contribution >= 0.6 is 15.9 Å². The van der Waals surface area contributed by atoms with Crippen molar-refractivity contribution in [2.75, 3.05) is 18.5 Å². The molecule has 0 saturated carbocycles. The number of unbranched alkanes of at least 4 members (excludes halogenated alkanes) is 2. The van der Waals surface area contributed by atoms with Gasteiger partial charge in [0.2, 0.25) is 0 Å². The first-order valence-corrected chi connectivity index (χ1v) is 9.33. The van der Waals surface area contributed by atoms with E-state index in [-0.39, 0.29) is 18.5 Å². The number of amides is 1. The molecule has 138 valence electrons. The maximum absolute atomic E-state index is 12.0. The van der Waals surface area contributed by atoms with E-state index in [1.54, 1.807) is 36.4 Å². The first kappa shape index (κ1) is 20.0. The second-order valence-electron chi connectivity index (χ2n) is 5.71. The van der Waals surface area contributed by atoms with E-state index in [0.29, 0.717) is 23.6 Å². The lowest BCUT2D eigenvalue weighted by molar-refractivity contribution is -0.118. The van der Waals surface area contributed by atoms with Crippen LogP contribution in [0.25, 0.3) is 0 Å². The van der Waals surface area contributed by atoms with Crippen LogP contribution in [0.15, 0.2) is 53.0 Å². The molecular weight excluding hydrogens is 398 g/mol. The number of ether oxygens (including phenoxy) is 2. The summed E-state index contributed by atoms with van der Waals surface area (Å²) < 4.78 is 11.5. The Morgan fingerprint density at radius 1 is 1.08 bits per heavy atom. The van der Waals surface area contributed by atoms with Gasteiger partial charge in [0.25, 0.3) is 5.91 Å². The minimum atomic E-state index is -0.350. The summed E-state index contributed by atoms with van der Waals surface area (Å²) in [5.74, 6) is -0.0208. The maximum atomic E-state index is 12.0. The Hall–Kier alpha value is -2.34. The van der Waals surface area contributed by atoms with Crippen LogP contribution in [0.2, 0.25) is 0 Å². The molecular formula is C20H22BrNO4. The van der Waals surface area contributed by atoms with Gasteiger partial charge in [-0.15, -0.1) is 0 Å². The van der Waals surface area contributed by atoms with Gasteiger partial charge in [0.15, 0.2) is 6.61 Å². The average Bonchev–Trinajstić information content (AvgIpc) is 2.64. The lowest BCUT2D eigenvalue weighted by Gasteiger charge is -2.09. The molecule has 0 unspecified atom stereocenters. The van der Waals surface area contributed by atoms with Gasteiger partial charge < -0.3 is 14.8 Å². The molecule has 0 aromatic heterocycles. The van der Waals surface area contributed by atoms with Crippen molar-refractivity contribution in [2.24, 2.45) is 0 Å². The fraction of sp³-hybridized carbons (Fsp3) is 0.300. The number of nitrogens with one attached hydrogen (secondary N) is 1. The van der Waals surface area contributed by atoms with Crippen molar-refractivity contribution in [3.63, 3.8) is 0 Å². The third-order valence-electron chi connectivity index (χ3n) is 3.55. The zero-order valence-electron chi connectivity index (χ0n) is 14.7. The normalized spacial score (nSPS) is 10.2. The highest BCUT2D eigenvalue weighted by molar-refractivity contribution is 9.10.